The van der Waals surface area contributed by atoms with E-state index in [-0.39, 0.29) is 37.7 Å². The fraction of sp³-hybridized carbons (Fsp3) is 0.667. The molecule has 26 nitrogen and oxygen atoms in total. The van der Waals surface area contributed by atoms with Gasteiger partial charge in [-0.25, -0.2) is 4.79 Å². The van der Waals surface area contributed by atoms with Crippen LogP contribution in [0.3, 0.4) is 0 Å². The molecule has 0 saturated heterocycles. The molecule has 7 atom stereocenters. The number of aliphatic hydroxyl groups is 2. The van der Waals surface area contributed by atoms with E-state index in [0.29, 0.717) is 0 Å². The topological polar surface area (TPSA) is 452 Å². The van der Waals surface area contributed by atoms with E-state index in [4.69, 9.17) is 33.1 Å². The van der Waals surface area contributed by atoms with Crippen molar-refractivity contribution in [1.82, 2.24) is 37.2 Å². The summed E-state index contributed by atoms with van der Waals surface area (Å²) in [6.07, 6.45) is -1.71. The Kier molecular flexibility index (Phi) is 23.9. The molecule has 0 unspecified atom stereocenters. The molecule has 8 amide bonds. The van der Waals surface area contributed by atoms with Crippen molar-refractivity contribution in [1.29, 1.82) is 0 Å². The normalized spacial score (nSPS) is 14.5. The van der Waals surface area contributed by atoms with Gasteiger partial charge in [-0.3, -0.25) is 48.1 Å². The van der Waals surface area contributed by atoms with Gasteiger partial charge in [0.05, 0.1) is 32.6 Å². The first-order valence-electron chi connectivity index (χ1n) is 18.3. The van der Waals surface area contributed by atoms with E-state index in [1.807, 2.05) is 10.6 Å². The molecule has 0 aliphatic heterocycles. The van der Waals surface area contributed by atoms with Crippen LogP contribution >= 0.6 is 0 Å². The van der Waals surface area contributed by atoms with Crippen molar-refractivity contribution in [3.05, 3.63) is 0 Å². The average Bonchev–Trinajstić information content (AvgIpc) is 3.13. The number of carbonyl (C=O) groups is 10. The maximum Gasteiger partial charge on any atom is 0.326 e. The summed E-state index contributed by atoms with van der Waals surface area (Å²) >= 11 is 0. The number of carboxylic acids is 2. The molecule has 0 rings (SSSR count). The van der Waals surface area contributed by atoms with Crippen LogP contribution in [0.1, 0.15) is 59.8 Å². The van der Waals surface area contributed by atoms with Gasteiger partial charge in [-0.15, -0.1) is 0 Å². The predicted molar refractivity (Wildman–Crippen MR) is 205 cm³/mol. The highest BCUT2D eigenvalue weighted by Crippen LogP contribution is 2.10. The van der Waals surface area contributed by atoms with E-state index in [9.17, 15) is 58.2 Å². The summed E-state index contributed by atoms with van der Waals surface area (Å²) in [6, 6.07) is -10.9. The lowest BCUT2D eigenvalue weighted by molar-refractivity contribution is -0.143. The van der Waals surface area contributed by atoms with Gasteiger partial charge in [-0.05, 0) is 31.1 Å². The number of carbonyl (C=O) groups excluding carboxylic acids is 8. The molecule has 0 saturated carbocycles. The summed E-state index contributed by atoms with van der Waals surface area (Å²) in [7, 11) is 0. The zero-order valence-corrected chi connectivity index (χ0v) is 33.2. The highest BCUT2D eigenvalue weighted by molar-refractivity contribution is 5.98. The minimum absolute atomic E-state index is 0.0313. The predicted octanol–water partition coefficient (Wildman–Crippen LogP) is -7.49. The number of nitrogens with zero attached hydrogens (tertiary/aromatic N) is 1. The Hall–Kier alpha value is -6.15. The van der Waals surface area contributed by atoms with Gasteiger partial charge in [0.15, 0.2) is 5.96 Å². The van der Waals surface area contributed by atoms with Gasteiger partial charge in [0.2, 0.25) is 47.3 Å². The van der Waals surface area contributed by atoms with Crippen LogP contribution in [0.4, 0.5) is 0 Å². The quantitative estimate of drug-likeness (QED) is 0.0198. The lowest BCUT2D eigenvalue weighted by Crippen LogP contribution is -2.59. The molecule has 0 aliphatic rings. The number of hydrogen-bond acceptors (Lipinski definition) is 14. The summed E-state index contributed by atoms with van der Waals surface area (Å²) in [5, 5.41) is 53.0. The van der Waals surface area contributed by atoms with Gasteiger partial charge < -0.3 is 80.6 Å². The largest absolute Gasteiger partial charge is 0.481 e. The second kappa shape index (κ2) is 26.7. The Morgan fingerprint density at radius 2 is 1.12 bits per heavy atom. The lowest BCUT2D eigenvalue weighted by atomic mass is 10.0. The van der Waals surface area contributed by atoms with E-state index < -0.39 is 140 Å². The van der Waals surface area contributed by atoms with Crippen molar-refractivity contribution >= 4 is 65.2 Å². The van der Waals surface area contributed by atoms with E-state index in [0.717, 1.165) is 0 Å². The standard InChI is InChI=1S/C33H58N12O14/c1-14(2)8-18(29(55)41-17(6-5-7-38-33(36)37)28(54)45-25(15(3)4)32(58)59)43-30(56)19(9-22(35)48)40-23(49)11-39-27(53)21(13-47)44-31(57)20(10-24(50)51)42-26(52)16(34)12-46/h14-21,25,46-47H,5-13,34H2,1-4H3,(H2,35,48)(H,39,53)(H,40,49)(H,41,55)(H,42,52)(H,43,56)(H,44,57)(H,45,54)(H,50,51)(H,58,59)(H4,36,37,38)/t16-,17-,18-,19-,20-,21-,25-/m0/s1. The Morgan fingerprint density at radius 3 is 1.59 bits per heavy atom. The fourth-order valence-corrected chi connectivity index (χ4v) is 4.95. The molecule has 0 fully saturated rings. The smallest absolute Gasteiger partial charge is 0.326 e. The first-order chi connectivity index (χ1) is 27.4. The number of nitrogens with two attached hydrogens (primary N) is 4. The number of aliphatic hydroxyl groups excluding tert-OH is 2. The molecule has 0 bridgehead atoms. The van der Waals surface area contributed by atoms with Crippen LogP contribution in [-0.2, 0) is 47.9 Å². The first kappa shape index (κ1) is 52.8. The number of amides is 8. The summed E-state index contributed by atoms with van der Waals surface area (Å²) in [5.41, 5.74) is 21.4. The SMILES string of the molecule is CC(C)C[C@H](NC(=O)[C@H](CC(N)=O)NC(=O)CNC(=O)[C@H](CO)NC(=O)[C@H](CC(=O)O)NC(=O)[C@@H](N)CO)C(=O)N[C@@H](CCCN=C(N)N)C(=O)N[C@H](C(=O)O)C(C)C. The zero-order chi connectivity index (χ0) is 45.6. The number of primary amides is 1. The maximum atomic E-state index is 13.6. The fourth-order valence-electron chi connectivity index (χ4n) is 4.95. The average molecular weight is 847 g/mol. The number of rotatable bonds is 28. The lowest BCUT2D eigenvalue weighted by Gasteiger charge is -2.27. The summed E-state index contributed by atoms with van der Waals surface area (Å²) < 4.78 is 0. The van der Waals surface area contributed by atoms with Crippen LogP contribution in [0.5, 0.6) is 0 Å². The molecular formula is C33H58N12O14. The Labute approximate surface area is 338 Å². The van der Waals surface area contributed by atoms with Crippen LogP contribution < -0.4 is 60.2 Å². The van der Waals surface area contributed by atoms with Crippen molar-refractivity contribution in [2.75, 3.05) is 26.3 Å². The first-order valence-corrected chi connectivity index (χ1v) is 18.3. The monoisotopic (exact) mass is 846 g/mol. The van der Waals surface area contributed by atoms with Crippen molar-refractivity contribution in [3.63, 3.8) is 0 Å². The molecule has 0 aromatic carbocycles. The second-order valence-electron chi connectivity index (χ2n) is 14.0. The van der Waals surface area contributed by atoms with E-state index in [1.165, 1.54) is 0 Å². The third-order valence-corrected chi connectivity index (χ3v) is 7.99. The van der Waals surface area contributed by atoms with Gasteiger partial charge in [-0.1, -0.05) is 27.7 Å². The molecule has 0 radical (unpaired) electrons. The molecule has 0 aromatic rings. The Morgan fingerprint density at radius 1 is 0.610 bits per heavy atom. The number of carboxylic acid groups (broad SMARTS) is 2. The van der Waals surface area contributed by atoms with Crippen molar-refractivity contribution in [3.8, 4) is 0 Å². The molecule has 0 spiro atoms. The number of guanidine groups is 1. The summed E-state index contributed by atoms with van der Waals surface area (Å²) in [4.78, 5) is 129. The van der Waals surface area contributed by atoms with Crippen molar-refractivity contribution in [2.24, 2.45) is 39.8 Å². The number of hydrogen-bond donors (Lipinski definition) is 15. The highest BCUT2D eigenvalue weighted by Gasteiger charge is 2.34. The van der Waals surface area contributed by atoms with Gasteiger partial charge in [0, 0.05) is 6.54 Å². The third-order valence-electron chi connectivity index (χ3n) is 7.99. The number of aliphatic imine (C=N–C) groups is 1. The van der Waals surface area contributed by atoms with Crippen molar-refractivity contribution < 1.29 is 68.4 Å². The molecule has 19 N–H and O–H groups in total. The summed E-state index contributed by atoms with van der Waals surface area (Å²) in [5.74, 6) is -12.4. The van der Waals surface area contributed by atoms with Crippen LogP contribution in [0.2, 0.25) is 0 Å². The van der Waals surface area contributed by atoms with Gasteiger partial charge in [0.1, 0.15) is 42.3 Å². The van der Waals surface area contributed by atoms with Gasteiger partial charge in [-0.2, -0.15) is 0 Å². The molecule has 334 valence electrons. The molecule has 0 aromatic heterocycles. The van der Waals surface area contributed by atoms with E-state index in [1.54, 1.807) is 27.7 Å². The number of aliphatic carboxylic acids is 2. The van der Waals surface area contributed by atoms with Crippen LogP contribution in [0, 0.1) is 11.8 Å². The Balaban J connectivity index is 5.98. The van der Waals surface area contributed by atoms with Gasteiger partial charge in [0.25, 0.3) is 0 Å². The van der Waals surface area contributed by atoms with Gasteiger partial charge >= 0.3 is 11.9 Å². The second-order valence-corrected chi connectivity index (χ2v) is 14.0. The molecule has 0 aliphatic carbocycles. The molecular weight excluding hydrogens is 788 g/mol. The minimum atomic E-state index is -1.80. The minimum Gasteiger partial charge on any atom is -0.481 e. The van der Waals surface area contributed by atoms with Crippen LogP contribution in [-0.4, -0.2) is 154 Å². The third kappa shape index (κ3) is 21.3. The zero-order valence-electron chi connectivity index (χ0n) is 33.2. The molecule has 0 heterocycles. The summed E-state index contributed by atoms with van der Waals surface area (Å²) in [6.45, 7) is 3.74. The van der Waals surface area contributed by atoms with Crippen molar-refractivity contribution in [2.45, 2.75) is 102 Å². The van der Waals surface area contributed by atoms with E-state index in [2.05, 4.69) is 31.6 Å². The van der Waals surface area contributed by atoms with Crippen LogP contribution in [0.25, 0.3) is 0 Å². The molecule has 59 heavy (non-hydrogen) atoms. The van der Waals surface area contributed by atoms with E-state index >= 15 is 0 Å². The van der Waals surface area contributed by atoms with Crippen LogP contribution in [0.15, 0.2) is 4.99 Å². The number of nitrogens with one attached hydrogen (secondary N) is 7. The highest BCUT2D eigenvalue weighted by atomic mass is 16.4. The Bertz CT molecular complexity index is 1540. The maximum absolute atomic E-state index is 13.6. The molecule has 26 heteroatoms.